The van der Waals surface area contributed by atoms with E-state index in [1.807, 2.05) is 12.3 Å². The van der Waals surface area contributed by atoms with E-state index in [0.29, 0.717) is 0 Å². The molecule has 1 aromatic heterocycles. The summed E-state index contributed by atoms with van der Waals surface area (Å²) in [6.07, 6.45) is 4.15. The van der Waals surface area contributed by atoms with Gasteiger partial charge in [-0.1, -0.05) is 6.07 Å². The average molecular weight is 162 g/mol. The standard InChI is InChI=1S/C10H14N2/c1-12-7-4-9-3-2-6-11-10(9)5-8-12/h2-3,6H,4-5,7-8H2,1H3. The summed E-state index contributed by atoms with van der Waals surface area (Å²) in [5.41, 5.74) is 2.73. The third-order valence-electron chi connectivity index (χ3n) is 2.48. The minimum absolute atomic E-state index is 1.10. The zero-order chi connectivity index (χ0) is 8.39. The Balaban J connectivity index is 2.26. The van der Waals surface area contributed by atoms with Gasteiger partial charge in [0.1, 0.15) is 0 Å². The van der Waals surface area contributed by atoms with Crippen LogP contribution in [0, 0.1) is 0 Å². The van der Waals surface area contributed by atoms with Crippen LogP contribution in [0.2, 0.25) is 0 Å². The van der Waals surface area contributed by atoms with Gasteiger partial charge in [0.2, 0.25) is 0 Å². The summed E-state index contributed by atoms with van der Waals surface area (Å²) in [5.74, 6) is 0. The quantitative estimate of drug-likeness (QED) is 0.568. The molecular formula is C10H14N2. The van der Waals surface area contributed by atoms with Crippen LogP contribution in [0.25, 0.3) is 0 Å². The van der Waals surface area contributed by atoms with Gasteiger partial charge in [-0.15, -0.1) is 0 Å². The van der Waals surface area contributed by atoms with Gasteiger partial charge in [-0.2, -0.15) is 0 Å². The van der Waals surface area contributed by atoms with Gasteiger partial charge in [0.05, 0.1) is 0 Å². The van der Waals surface area contributed by atoms with Crippen molar-refractivity contribution >= 4 is 0 Å². The maximum Gasteiger partial charge on any atom is 0.0448 e. The SMILES string of the molecule is CN1CCc2cccnc2CC1. The molecule has 0 bridgehead atoms. The monoisotopic (exact) mass is 162 g/mol. The number of pyridine rings is 1. The van der Waals surface area contributed by atoms with Crippen LogP contribution in [-0.4, -0.2) is 30.0 Å². The van der Waals surface area contributed by atoms with E-state index in [1.165, 1.54) is 17.8 Å². The van der Waals surface area contributed by atoms with Crippen molar-refractivity contribution in [3.05, 3.63) is 29.6 Å². The highest BCUT2D eigenvalue weighted by atomic mass is 15.1. The zero-order valence-electron chi connectivity index (χ0n) is 7.45. The summed E-state index contributed by atoms with van der Waals surface area (Å²) in [5, 5.41) is 0. The predicted octanol–water partition coefficient (Wildman–Crippen LogP) is 1.11. The first-order valence-corrected chi connectivity index (χ1v) is 4.47. The van der Waals surface area contributed by atoms with E-state index in [0.717, 1.165) is 19.4 Å². The van der Waals surface area contributed by atoms with Crippen LogP contribution < -0.4 is 0 Å². The molecule has 1 aliphatic heterocycles. The van der Waals surface area contributed by atoms with Gasteiger partial charge in [0.25, 0.3) is 0 Å². The fraction of sp³-hybridized carbons (Fsp3) is 0.500. The molecule has 0 saturated carbocycles. The molecule has 0 amide bonds. The highest BCUT2D eigenvalue weighted by Crippen LogP contribution is 2.11. The largest absolute Gasteiger partial charge is 0.306 e. The first-order chi connectivity index (χ1) is 5.86. The maximum atomic E-state index is 4.39. The molecule has 1 aromatic rings. The molecule has 0 saturated heterocycles. The molecule has 0 atom stereocenters. The first-order valence-electron chi connectivity index (χ1n) is 4.47. The fourth-order valence-corrected chi connectivity index (χ4v) is 1.64. The molecule has 2 heteroatoms. The zero-order valence-corrected chi connectivity index (χ0v) is 7.45. The first kappa shape index (κ1) is 7.74. The normalized spacial score (nSPS) is 18.4. The average Bonchev–Trinajstić information content (AvgIpc) is 2.29. The third kappa shape index (κ3) is 1.48. The topological polar surface area (TPSA) is 16.1 Å². The lowest BCUT2D eigenvalue weighted by atomic mass is 10.1. The molecule has 1 aliphatic rings. The van der Waals surface area contributed by atoms with E-state index in [4.69, 9.17) is 0 Å². The second kappa shape index (κ2) is 3.23. The summed E-state index contributed by atoms with van der Waals surface area (Å²) in [7, 11) is 2.17. The number of hydrogen-bond acceptors (Lipinski definition) is 2. The Morgan fingerprint density at radius 3 is 3.08 bits per heavy atom. The second-order valence-electron chi connectivity index (χ2n) is 3.41. The molecule has 12 heavy (non-hydrogen) atoms. The Morgan fingerprint density at radius 2 is 2.17 bits per heavy atom. The van der Waals surface area contributed by atoms with Crippen LogP contribution >= 0.6 is 0 Å². The lowest BCUT2D eigenvalue weighted by Gasteiger charge is -2.10. The fourth-order valence-electron chi connectivity index (χ4n) is 1.64. The maximum absolute atomic E-state index is 4.39. The van der Waals surface area contributed by atoms with Crippen molar-refractivity contribution < 1.29 is 0 Å². The van der Waals surface area contributed by atoms with Crippen LogP contribution in [0.15, 0.2) is 18.3 Å². The number of hydrogen-bond donors (Lipinski definition) is 0. The lowest BCUT2D eigenvalue weighted by molar-refractivity contribution is 0.352. The van der Waals surface area contributed by atoms with E-state index in [9.17, 15) is 0 Å². The van der Waals surface area contributed by atoms with Crippen LogP contribution in [0.1, 0.15) is 11.3 Å². The predicted molar refractivity (Wildman–Crippen MR) is 49.1 cm³/mol. The molecule has 0 N–H and O–H groups in total. The van der Waals surface area contributed by atoms with Crippen molar-refractivity contribution in [3.8, 4) is 0 Å². The summed E-state index contributed by atoms with van der Waals surface area (Å²) in [6.45, 7) is 2.31. The Morgan fingerprint density at radius 1 is 1.33 bits per heavy atom. The van der Waals surface area contributed by atoms with Crippen LogP contribution in [0.3, 0.4) is 0 Å². The molecule has 2 heterocycles. The number of aromatic nitrogens is 1. The highest BCUT2D eigenvalue weighted by Gasteiger charge is 2.10. The molecule has 64 valence electrons. The Labute approximate surface area is 73.2 Å². The summed E-state index contributed by atoms with van der Waals surface area (Å²) in [4.78, 5) is 6.75. The Bertz CT molecular complexity index is 243. The summed E-state index contributed by atoms with van der Waals surface area (Å²) < 4.78 is 0. The molecule has 2 rings (SSSR count). The number of fused-ring (bicyclic) bond motifs is 1. The van der Waals surface area contributed by atoms with Crippen molar-refractivity contribution in [2.24, 2.45) is 0 Å². The van der Waals surface area contributed by atoms with E-state index < -0.39 is 0 Å². The molecule has 0 unspecified atom stereocenters. The smallest absolute Gasteiger partial charge is 0.0448 e. The van der Waals surface area contributed by atoms with Crippen molar-refractivity contribution in [3.63, 3.8) is 0 Å². The van der Waals surface area contributed by atoms with Gasteiger partial charge in [-0.3, -0.25) is 4.98 Å². The molecule has 0 aliphatic carbocycles. The van der Waals surface area contributed by atoms with Gasteiger partial charge >= 0.3 is 0 Å². The molecular weight excluding hydrogens is 148 g/mol. The molecule has 0 fully saturated rings. The van der Waals surface area contributed by atoms with E-state index >= 15 is 0 Å². The van der Waals surface area contributed by atoms with Crippen molar-refractivity contribution in [1.82, 2.24) is 9.88 Å². The van der Waals surface area contributed by atoms with Crippen molar-refractivity contribution in [1.29, 1.82) is 0 Å². The van der Waals surface area contributed by atoms with Crippen molar-refractivity contribution in [2.75, 3.05) is 20.1 Å². The minimum atomic E-state index is 1.10. The van der Waals surface area contributed by atoms with Gasteiger partial charge in [-0.05, 0) is 25.1 Å². The van der Waals surface area contributed by atoms with Crippen molar-refractivity contribution in [2.45, 2.75) is 12.8 Å². The van der Waals surface area contributed by atoms with Crippen LogP contribution in [0.5, 0.6) is 0 Å². The van der Waals surface area contributed by atoms with E-state index in [1.54, 1.807) is 0 Å². The van der Waals surface area contributed by atoms with Gasteiger partial charge in [0.15, 0.2) is 0 Å². The van der Waals surface area contributed by atoms with Crippen LogP contribution in [-0.2, 0) is 12.8 Å². The lowest BCUT2D eigenvalue weighted by Crippen LogP contribution is -2.20. The molecule has 0 spiro atoms. The summed E-state index contributed by atoms with van der Waals surface area (Å²) in [6, 6.07) is 4.23. The Hall–Kier alpha value is -0.890. The minimum Gasteiger partial charge on any atom is -0.306 e. The van der Waals surface area contributed by atoms with E-state index in [2.05, 4.69) is 23.0 Å². The highest BCUT2D eigenvalue weighted by molar-refractivity contribution is 5.21. The molecule has 2 nitrogen and oxygen atoms in total. The number of likely N-dealkylation sites (N-methyl/N-ethyl adjacent to an activating group) is 1. The van der Waals surface area contributed by atoms with Gasteiger partial charge in [0, 0.05) is 31.4 Å². The number of nitrogens with zero attached hydrogens (tertiary/aromatic N) is 2. The van der Waals surface area contributed by atoms with Crippen LogP contribution in [0.4, 0.5) is 0 Å². The third-order valence-corrected chi connectivity index (χ3v) is 2.48. The Kier molecular flexibility index (Phi) is 2.09. The summed E-state index contributed by atoms with van der Waals surface area (Å²) >= 11 is 0. The number of rotatable bonds is 0. The van der Waals surface area contributed by atoms with Gasteiger partial charge < -0.3 is 4.90 Å². The second-order valence-corrected chi connectivity index (χ2v) is 3.41. The molecule has 0 radical (unpaired) electrons. The molecule has 0 aromatic carbocycles. The van der Waals surface area contributed by atoms with E-state index in [-0.39, 0.29) is 0 Å². The van der Waals surface area contributed by atoms with Gasteiger partial charge in [-0.25, -0.2) is 0 Å².